The highest BCUT2D eigenvalue weighted by molar-refractivity contribution is 8.00. The van der Waals surface area contributed by atoms with Crippen LogP contribution in [0, 0.1) is 6.92 Å². The molecule has 0 aliphatic heterocycles. The Morgan fingerprint density at radius 2 is 1.60 bits per heavy atom. The van der Waals surface area contributed by atoms with Gasteiger partial charge in [0.05, 0.1) is 5.75 Å². The Morgan fingerprint density at radius 1 is 0.960 bits per heavy atom. The number of hydrogen-bond donors (Lipinski definition) is 1. The molecule has 4 nitrogen and oxygen atoms in total. The molecule has 0 bridgehead atoms. The summed E-state index contributed by atoms with van der Waals surface area (Å²) in [6.07, 6.45) is 3.35. The fourth-order valence-corrected chi connectivity index (χ4v) is 2.83. The van der Waals surface area contributed by atoms with Crippen molar-refractivity contribution in [1.82, 2.24) is 4.98 Å². The van der Waals surface area contributed by atoms with Gasteiger partial charge in [0.15, 0.2) is 0 Å². The topological polar surface area (TPSA) is 51.2 Å². The number of carbonyl (C=O) groups excluding carboxylic acids is 1. The van der Waals surface area contributed by atoms with Gasteiger partial charge in [-0.15, -0.1) is 11.8 Å². The van der Waals surface area contributed by atoms with E-state index in [2.05, 4.69) is 10.3 Å². The number of carbonyl (C=O) groups is 1. The molecule has 0 aliphatic rings. The van der Waals surface area contributed by atoms with E-state index < -0.39 is 0 Å². The summed E-state index contributed by atoms with van der Waals surface area (Å²) >= 11 is 1.52. The van der Waals surface area contributed by atoms with Gasteiger partial charge >= 0.3 is 0 Å². The Labute approximate surface area is 151 Å². The fourth-order valence-electron chi connectivity index (χ4n) is 2.13. The number of thioether (sulfide) groups is 1. The lowest BCUT2D eigenvalue weighted by molar-refractivity contribution is -0.113. The van der Waals surface area contributed by atoms with Gasteiger partial charge in [0.2, 0.25) is 5.91 Å². The van der Waals surface area contributed by atoms with Crippen LogP contribution in [-0.2, 0) is 4.79 Å². The van der Waals surface area contributed by atoms with Crippen molar-refractivity contribution < 1.29 is 9.53 Å². The maximum absolute atomic E-state index is 12.1. The Kier molecular flexibility index (Phi) is 5.69. The van der Waals surface area contributed by atoms with E-state index >= 15 is 0 Å². The lowest BCUT2D eigenvalue weighted by Gasteiger charge is -2.08. The molecule has 0 fully saturated rings. The highest BCUT2D eigenvalue weighted by atomic mass is 32.2. The highest BCUT2D eigenvalue weighted by Gasteiger charge is 2.04. The molecule has 0 radical (unpaired) electrons. The van der Waals surface area contributed by atoms with Crippen LogP contribution in [0.15, 0.2) is 78.0 Å². The van der Waals surface area contributed by atoms with Gasteiger partial charge in [0.1, 0.15) is 11.5 Å². The van der Waals surface area contributed by atoms with Crippen molar-refractivity contribution in [2.24, 2.45) is 0 Å². The lowest BCUT2D eigenvalue weighted by atomic mass is 10.2. The molecule has 25 heavy (non-hydrogen) atoms. The van der Waals surface area contributed by atoms with Gasteiger partial charge in [-0.05, 0) is 55.5 Å². The number of hydrogen-bond acceptors (Lipinski definition) is 4. The molecule has 5 heteroatoms. The Hall–Kier alpha value is -2.79. The molecule has 3 aromatic rings. The molecule has 0 saturated heterocycles. The second-order valence-electron chi connectivity index (χ2n) is 5.46. The average Bonchev–Trinajstić information content (AvgIpc) is 2.64. The molecule has 1 amide bonds. The maximum atomic E-state index is 12.1. The monoisotopic (exact) mass is 350 g/mol. The third kappa shape index (κ3) is 5.36. The van der Waals surface area contributed by atoms with Gasteiger partial charge < -0.3 is 10.1 Å². The summed E-state index contributed by atoms with van der Waals surface area (Å²) in [6.45, 7) is 2.04. The first-order valence-electron chi connectivity index (χ1n) is 7.86. The normalized spacial score (nSPS) is 10.3. The van der Waals surface area contributed by atoms with Gasteiger partial charge in [0, 0.05) is 23.0 Å². The largest absolute Gasteiger partial charge is 0.457 e. The zero-order valence-electron chi connectivity index (χ0n) is 13.8. The number of ether oxygens (including phenoxy) is 1. The predicted octanol–water partition coefficient (Wildman–Crippen LogP) is 4.91. The zero-order valence-corrected chi connectivity index (χ0v) is 14.6. The number of anilines is 1. The van der Waals surface area contributed by atoms with Gasteiger partial charge in [-0.3, -0.25) is 9.78 Å². The number of amides is 1. The van der Waals surface area contributed by atoms with Crippen molar-refractivity contribution in [3.8, 4) is 11.5 Å². The van der Waals surface area contributed by atoms with E-state index in [1.165, 1.54) is 17.3 Å². The minimum Gasteiger partial charge on any atom is -0.457 e. The zero-order chi connectivity index (χ0) is 17.5. The van der Waals surface area contributed by atoms with Crippen LogP contribution in [0.25, 0.3) is 0 Å². The minimum atomic E-state index is -0.0339. The Balaban J connectivity index is 1.50. The van der Waals surface area contributed by atoms with Gasteiger partial charge in [-0.2, -0.15) is 0 Å². The second-order valence-corrected chi connectivity index (χ2v) is 6.51. The van der Waals surface area contributed by atoms with Crippen molar-refractivity contribution in [3.63, 3.8) is 0 Å². The Morgan fingerprint density at radius 3 is 2.28 bits per heavy atom. The molecule has 0 atom stereocenters. The van der Waals surface area contributed by atoms with Crippen LogP contribution < -0.4 is 10.1 Å². The minimum absolute atomic E-state index is 0.0339. The van der Waals surface area contributed by atoms with Gasteiger partial charge in [0.25, 0.3) is 0 Å². The SMILES string of the molecule is Cc1ccc(SCC(=O)Nc2ccc(Oc3ccncc3)cc2)cc1. The van der Waals surface area contributed by atoms with Crippen LogP contribution in [0.1, 0.15) is 5.56 Å². The van der Waals surface area contributed by atoms with E-state index in [0.717, 1.165) is 16.3 Å². The van der Waals surface area contributed by atoms with E-state index in [0.29, 0.717) is 11.5 Å². The van der Waals surface area contributed by atoms with Crippen LogP contribution in [0.2, 0.25) is 0 Å². The molecule has 126 valence electrons. The van der Waals surface area contributed by atoms with Crippen LogP contribution in [0.4, 0.5) is 5.69 Å². The summed E-state index contributed by atoms with van der Waals surface area (Å²) in [5.74, 6) is 1.77. The van der Waals surface area contributed by atoms with Crippen molar-refractivity contribution in [1.29, 1.82) is 0 Å². The first-order valence-corrected chi connectivity index (χ1v) is 8.85. The van der Waals surface area contributed by atoms with Crippen LogP contribution >= 0.6 is 11.8 Å². The number of aromatic nitrogens is 1. The molecule has 3 rings (SSSR count). The van der Waals surface area contributed by atoms with E-state index in [-0.39, 0.29) is 5.91 Å². The first-order chi connectivity index (χ1) is 12.2. The number of pyridine rings is 1. The Bertz CT molecular complexity index is 819. The molecule has 1 N–H and O–H groups in total. The third-order valence-corrected chi connectivity index (χ3v) is 4.43. The summed E-state index contributed by atoms with van der Waals surface area (Å²) < 4.78 is 5.70. The standard InChI is InChI=1S/C20H18N2O2S/c1-15-2-8-19(9-3-15)25-14-20(23)22-16-4-6-17(7-5-16)24-18-10-12-21-13-11-18/h2-13H,14H2,1H3,(H,22,23). The van der Waals surface area contributed by atoms with E-state index in [4.69, 9.17) is 4.74 Å². The van der Waals surface area contributed by atoms with Crippen molar-refractivity contribution >= 4 is 23.4 Å². The number of nitrogens with one attached hydrogen (secondary N) is 1. The van der Waals surface area contributed by atoms with Gasteiger partial charge in [-0.25, -0.2) is 0 Å². The molecule has 0 unspecified atom stereocenters. The predicted molar refractivity (Wildman–Crippen MR) is 101 cm³/mol. The molecule has 1 aromatic heterocycles. The highest BCUT2D eigenvalue weighted by Crippen LogP contribution is 2.23. The van der Waals surface area contributed by atoms with E-state index in [9.17, 15) is 4.79 Å². The molecular formula is C20H18N2O2S. The summed E-state index contributed by atoms with van der Waals surface area (Å²) in [5.41, 5.74) is 1.96. The molecule has 0 aliphatic carbocycles. The van der Waals surface area contributed by atoms with Crippen LogP contribution in [-0.4, -0.2) is 16.6 Å². The summed E-state index contributed by atoms with van der Waals surface area (Å²) in [4.78, 5) is 17.1. The van der Waals surface area contributed by atoms with Gasteiger partial charge in [-0.1, -0.05) is 17.7 Å². The van der Waals surface area contributed by atoms with Crippen LogP contribution in [0.5, 0.6) is 11.5 Å². The average molecular weight is 350 g/mol. The van der Waals surface area contributed by atoms with Crippen molar-refractivity contribution in [3.05, 3.63) is 78.6 Å². The summed E-state index contributed by atoms with van der Waals surface area (Å²) in [6, 6.07) is 19.0. The molecule has 2 aromatic carbocycles. The van der Waals surface area contributed by atoms with Crippen LogP contribution in [0.3, 0.4) is 0 Å². The van der Waals surface area contributed by atoms with E-state index in [1.807, 2.05) is 55.5 Å². The molecule has 0 spiro atoms. The lowest BCUT2D eigenvalue weighted by Crippen LogP contribution is -2.13. The summed E-state index contributed by atoms with van der Waals surface area (Å²) in [5, 5.41) is 2.89. The molecule has 1 heterocycles. The molecular weight excluding hydrogens is 332 g/mol. The van der Waals surface area contributed by atoms with E-state index in [1.54, 1.807) is 24.5 Å². The smallest absolute Gasteiger partial charge is 0.234 e. The second kappa shape index (κ2) is 8.35. The van der Waals surface area contributed by atoms with Crippen molar-refractivity contribution in [2.75, 3.05) is 11.1 Å². The number of benzene rings is 2. The fraction of sp³-hybridized carbons (Fsp3) is 0.100. The molecule has 0 saturated carbocycles. The number of nitrogens with zero attached hydrogens (tertiary/aromatic N) is 1. The number of aryl methyl sites for hydroxylation is 1. The summed E-state index contributed by atoms with van der Waals surface area (Å²) in [7, 11) is 0. The maximum Gasteiger partial charge on any atom is 0.234 e. The quantitative estimate of drug-likeness (QED) is 0.642. The third-order valence-electron chi connectivity index (χ3n) is 3.41. The van der Waals surface area contributed by atoms with Crippen molar-refractivity contribution in [2.45, 2.75) is 11.8 Å². The first kappa shape index (κ1) is 17.0. The number of rotatable bonds is 6.